The van der Waals surface area contributed by atoms with Gasteiger partial charge in [-0.25, -0.2) is 0 Å². The molecule has 0 bridgehead atoms. The summed E-state index contributed by atoms with van der Waals surface area (Å²) in [6.45, 7) is 0. The van der Waals surface area contributed by atoms with E-state index in [0.29, 0.717) is 20.2 Å². The lowest BCUT2D eigenvalue weighted by Crippen LogP contribution is -2.20. The molecule has 9 nitrogen and oxygen atoms in total. The Morgan fingerprint density at radius 1 is 0.952 bits per heavy atom. The smallest absolute Gasteiger partial charge is 0.212 e. The molecule has 0 radical (unpaired) electrons. The van der Waals surface area contributed by atoms with Gasteiger partial charge < -0.3 is 16.8 Å². The lowest BCUT2D eigenvalue weighted by Gasteiger charge is -1.93. The minimum absolute atomic E-state index is 0.0953. The zero-order valence-corrected chi connectivity index (χ0v) is 12.2. The topological polar surface area (TPSA) is 163 Å². The van der Waals surface area contributed by atoms with Gasteiger partial charge in [0.15, 0.2) is 16.8 Å². The van der Waals surface area contributed by atoms with Crippen molar-refractivity contribution in [2.24, 2.45) is 11.5 Å². The van der Waals surface area contributed by atoms with Crippen LogP contribution in [0.2, 0.25) is 0 Å². The van der Waals surface area contributed by atoms with Gasteiger partial charge in [-0.1, -0.05) is 34.8 Å². The average molecular weight is 321 g/mol. The number of amidine groups is 1. The summed E-state index contributed by atoms with van der Waals surface area (Å²) in [6, 6.07) is 0. The van der Waals surface area contributed by atoms with E-state index in [1.54, 1.807) is 24.3 Å². The van der Waals surface area contributed by atoms with Gasteiger partial charge in [-0.05, 0) is 12.2 Å². The van der Waals surface area contributed by atoms with Crippen molar-refractivity contribution >= 4 is 51.8 Å². The lowest BCUT2D eigenvalue weighted by molar-refractivity contribution is 1.06. The van der Waals surface area contributed by atoms with E-state index in [1.807, 2.05) is 0 Å². The minimum Gasteiger partial charge on any atom is -0.382 e. The van der Waals surface area contributed by atoms with Crippen LogP contribution in [0.25, 0.3) is 12.2 Å². The Labute approximate surface area is 127 Å². The van der Waals surface area contributed by atoms with E-state index in [4.69, 9.17) is 22.3 Å². The van der Waals surface area contributed by atoms with Gasteiger partial charge >= 0.3 is 0 Å². The van der Waals surface area contributed by atoms with Gasteiger partial charge in [0.25, 0.3) is 0 Å². The zero-order chi connectivity index (χ0) is 15.2. The molecular weight excluding hydrogens is 310 g/mol. The second-order valence-electron chi connectivity index (χ2n) is 3.56. The van der Waals surface area contributed by atoms with Crippen LogP contribution in [0.5, 0.6) is 0 Å². The maximum absolute atomic E-state index is 7.23. The average Bonchev–Trinajstić information content (AvgIpc) is 3.03. The third kappa shape index (κ3) is 4.43. The Kier molecular flexibility index (Phi) is 4.68. The Hall–Kier alpha value is -2.66. The fraction of sp³-hybridized carbons (Fsp3) is 0. The van der Waals surface area contributed by atoms with E-state index >= 15 is 0 Å². The van der Waals surface area contributed by atoms with Crippen LogP contribution in [0.4, 0.5) is 5.13 Å². The number of anilines is 1. The Morgan fingerprint density at radius 3 is 2.14 bits per heavy atom. The summed E-state index contributed by atoms with van der Waals surface area (Å²) >= 11 is 2.50. The first-order valence-corrected chi connectivity index (χ1v) is 7.15. The van der Waals surface area contributed by atoms with Crippen molar-refractivity contribution in [2.75, 3.05) is 5.32 Å². The molecule has 7 N–H and O–H groups in total. The van der Waals surface area contributed by atoms with Crippen LogP contribution in [0.1, 0.15) is 15.0 Å². The second-order valence-corrected chi connectivity index (χ2v) is 5.58. The third-order valence-electron chi connectivity index (χ3n) is 1.94. The molecule has 2 aromatic heterocycles. The van der Waals surface area contributed by atoms with E-state index in [1.165, 1.54) is 22.7 Å². The van der Waals surface area contributed by atoms with E-state index in [-0.39, 0.29) is 11.8 Å². The van der Waals surface area contributed by atoms with Gasteiger partial charge in [0.2, 0.25) is 5.13 Å². The van der Waals surface area contributed by atoms with Crippen LogP contribution in [0, 0.1) is 10.8 Å². The molecule has 0 aliphatic heterocycles. The van der Waals surface area contributed by atoms with Crippen LogP contribution in [0.15, 0.2) is 12.2 Å². The highest BCUT2D eigenvalue weighted by atomic mass is 32.1. The lowest BCUT2D eigenvalue weighted by atomic mass is 10.4. The molecule has 108 valence electrons. The first kappa shape index (κ1) is 14.7. The predicted molar refractivity (Wildman–Crippen MR) is 84.4 cm³/mol. The minimum atomic E-state index is -0.181. The van der Waals surface area contributed by atoms with Gasteiger partial charge in [-0.2, -0.15) is 0 Å². The summed E-state index contributed by atoms with van der Waals surface area (Å²) < 4.78 is 0. The summed E-state index contributed by atoms with van der Waals surface area (Å²) in [4.78, 5) is 0. The number of nitrogens with two attached hydrogens (primary N) is 2. The summed E-state index contributed by atoms with van der Waals surface area (Å²) in [6.07, 6.45) is 7.04. The largest absolute Gasteiger partial charge is 0.382 e. The van der Waals surface area contributed by atoms with E-state index in [9.17, 15) is 0 Å². The Bertz CT molecular complexity index is 712. The van der Waals surface area contributed by atoms with Gasteiger partial charge in [0.1, 0.15) is 10.0 Å². The molecule has 0 spiro atoms. The number of hydrogen-bond acceptors (Lipinski definition) is 8. The second kappa shape index (κ2) is 6.67. The monoisotopic (exact) mass is 321 g/mol. The molecule has 0 saturated carbocycles. The van der Waals surface area contributed by atoms with Gasteiger partial charge in [0.05, 0.1) is 0 Å². The first-order valence-electron chi connectivity index (χ1n) is 5.52. The third-order valence-corrected chi connectivity index (χ3v) is 3.67. The first-order chi connectivity index (χ1) is 10.0. The summed E-state index contributed by atoms with van der Waals surface area (Å²) in [7, 11) is 0. The molecule has 2 rings (SSSR count). The number of hydrogen-bond donors (Lipinski definition) is 5. The van der Waals surface area contributed by atoms with Crippen molar-refractivity contribution in [3.8, 4) is 0 Å². The molecule has 0 aromatic carbocycles. The number of aromatic nitrogens is 4. The van der Waals surface area contributed by atoms with Crippen molar-refractivity contribution in [2.45, 2.75) is 0 Å². The summed E-state index contributed by atoms with van der Waals surface area (Å²) in [5.41, 5.74) is 10.5. The van der Waals surface area contributed by atoms with Crippen molar-refractivity contribution in [3.63, 3.8) is 0 Å². The molecule has 11 heteroatoms. The molecule has 2 aromatic rings. The van der Waals surface area contributed by atoms with Crippen molar-refractivity contribution in [1.82, 2.24) is 20.4 Å². The summed E-state index contributed by atoms with van der Waals surface area (Å²) in [5, 5.41) is 34.4. The normalized spacial score (nSPS) is 11.2. The maximum Gasteiger partial charge on any atom is 0.212 e. The van der Waals surface area contributed by atoms with Crippen molar-refractivity contribution in [3.05, 3.63) is 27.2 Å². The standard InChI is InChI=1S/C10H11N9S2/c11-7(12)8-18-16-5(20-8)3-1-2-4-6-17-19-10(21-6)15-9(13)14/h1-4H,(H3,11,12)(H4,13,14,15,19)/b3-1+,4-2+. The Morgan fingerprint density at radius 2 is 1.57 bits per heavy atom. The van der Waals surface area contributed by atoms with Crippen LogP contribution >= 0.6 is 22.7 Å². The highest BCUT2D eigenvalue weighted by molar-refractivity contribution is 7.16. The molecule has 0 fully saturated rings. The molecule has 0 atom stereocenters. The number of guanidine groups is 1. The van der Waals surface area contributed by atoms with Crippen LogP contribution in [-0.4, -0.2) is 32.2 Å². The highest BCUT2D eigenvalue weighted by Crippen LogP contribution is 2.16. The van der Waals surface area contributed by atoms with Gasteiger partial charge in [-0.3, -0.25) is 10.8 Å². The maximum atomic E-state index is 7.23. The number of nitrogens with one attached hydrogen (secondary N) is 3. The van der Waals surface area contributed by atoms with Crippen LogP contribution in [0.3, 0.4) is 0 Å². The predicted octanol–water partition coefficient (Wildman–Crippen LogP) is 0.706. The van der Waals surface area contributed by atoms with Crippen molar-refractivity contribution in [1.29, 1.82) is 10.8 Å². The highest BCUT2D eigenvalue weighted by Gasteiger charge is 2.03. The molecule has 0 aliphatic rings. The van der Waals surface area contributed by atoms with E-state index in [2.05, 4.69) is 25.7 Å². The van der Waals surface area contributed by atoms with E-state index < -0.39 is 0 Å². The molecule has 2 heterocycles. The summed E-state index contributed by atoms with van der Waals surface area (Å²) in [5.74, 6) is -0.277. The van der Waals surface area contributed by atoms with Gasteiger partial charge in [-0.15, -0.1) is 20.4 Å². The fourth-order valence-corrected chi connectivity index (χ4v) is 2.44. The van der Waals surface area contributed by atoms with E-state index in [0.717, 1.165) is 0 Å². The number of allylic oxidation sites excluding steroid dienone is 2. The molecule has 0 unspecified atom stereocenters. The number of rotatable bonds is 5. The van der Waals surface area contributed by atoms with Crippen LogP contribution in [-0.2, 0) is 0 Å². The molecular formula is C10H11N9S2. The molecule has 0 amide bonds. The van der Waals surface area contributed by atoms with Crippen LogP contribution < -0.4 is 16.8 Å². The quantitative estimate of drug-likeness (QED) is 0.307. The fourth-order valence-electron chi connectivity index (χ4n) is 1.15. The van der Waals surface area contributed by atoms with Gasteiger partial charge in [0, 0.05) is 0 Å². The Balaban J connectivity index is 1.94. The SMILES string of the molecule is N=C(N)Nc1nnc(/C=C/C=C/c2nnc(C(=N)N)s2)s1. The number of nitrogen functional groups attached to an aromatic ring is 1. The molecule has 21 heavy (non-hydrogen) atoms. The zero-order valence-electron chi connectivity index (χ0n) is 10.6. The number of nitrogens with zero attached hydrogens (tertiary/aromatic N) is 4. The molecule has 0 saturated heterocycles. The molecule has 0 aliphatic carbocycles. The van der Waals surface area contributed by atoms with Crippen molar-refractivity contribution < 1.29 is 0 Å².